The average molecular weight is 227 g/mol. The Morgan fingerprint density at radius 2 is 2.67 bits per heavy atom. The molecule has 1 aromatic heterocycles. The Morgan fingerprint density at radius 3 is 3.33 bits per heavy atom. The van der Waals surface area contributed by atoms with Crippen molar-refractivity contribution in [3.63, 3.8) is 0 Å². The molecule has 1 fully saturated rings. The summed E-state index contributed by atoms with van der Waals surface area (Å²) in [5, 5.41) is 14.2. The van der Waals surface area contributed by atoms with Gasteiger partial charge in [0.2, 0.25) is 0 Å². The Balaban J connectivity index is 1.96. The molecular formula is C9H13N3O2S. The van der Waals surface area contributed by atoms with Crippen molar-refractivity contribution in [3.8, 4) is 0 Å². The number of thiazole rings is 1. The van der Waals surface area contributed by atoms with Gasteiger partial charge < -0.3 is 10.0 Å². The number of carbonyl (C=O) groups is 1. The summed E-state index contributed by atoms with van der Waals surface area (Å²) < 4.78 is 0. The summed E-state index contributed by atoms with van der Waals surface area (Å²) in [5.41, 5.74) is 0. The number of nitrogens with zero attached hydrogens (tertiary/aromatic N) is 2. The summed E-state index contributed by atoms with van der Waals surface area (Å²) in [6.07, 6.45) is 3.48. The van der Waals surface area contributed by atoms with Crippen molar-refractivity contribution in [1.29, 1.82) is 0 Å². The molecular weight excluding hydrogens is 214 g/mol. The number of rotatable bonds is 2. The van der Waals surface area contributed by atoms with Gasteiger partial charge in [-0.2, -0.15) is 0 Å². The smallest absolute Gasteiger partial charge is 0.323 e. The van der Waals surface area contributed by atoms with E-state index < -0.39 is 0 Å². The summed E-state index contributed by atoms with van der Waals surface area (Å²) in [7, 11) is 0. The minimum atomic E-state index is -0.165. The Hall–Kier alpha value is -1.14. The molecule has 0 spiro atoms. The van der Waals surface area contributed by atoms with Crippen LogP contribution in [0.25, 0.3) is 0 Å². The maximum absolute atomic E-state index is 11.8. The number of urea groups is 1. The van der Waals surface area contributed by atoms with Gasteiger partial charge in [-0.15, -0.1) is 11.3 Å². The number of aromatic nitrogens is 1. The van der Waals surface area contributed by atoms with Crippen LogP contribution in [0.4, 0.5) is 9.93 Å². The highest BCUT2D eigenvalue weighted by Gasteiger charge is 2.28. The van der Waals surface area contributed by atoms with Crippen LogP contribution in [0.1, 0.15) is 12.8 Å². The number of carbonyl (C=O) groups excluding carboxylic acids is 1. The summed E-state index contributed by atoms with van der Waals surface area (Å²) >= 11 is 1.39. The van der Waals surface area contributed by atoms with E-state index in [9.17, 15) is 4.79 Å². The molecule has 5 nitrogen and oxygen atoms in total. The van der Waals surface area contributed by atoms with Crippen LogP contribution in [0, 0.1) is 0 Å². The van der Waals surface area contributed by atoms with E-state index in [0.717, 1.165) is 12.8 Å². The molecule has 0 saturated carbocycles. The summed E-state index contributed by atoms with van der Waals surface area (Å²) in [5.74, 6) is 0. The van der Waals surface area contributed by atoms with Crippen molar-refractivity contribution < 1.29 is 9.90 Å². The number of hydrogen-bond acceptors (Lipinski definition) is 4. The van der Waals surface area contributed by atoms with Gasteiger partial charge in [0.05, 0.1) is 12.6 Å². The first-order chi connectivity index (χ1) is 7.31. The van der Waals surface area contributed by atoms with E-state index in [-0.39, 0.29) is 18.7 Å². The molecule has 82 valence electrons. The van der Waals surface area contributed by atoms with Crippen LogP contribution < -0.4 is 5.32 Å². The first-order valence-corrected chi connectivity index (χ1v) is 5.77. The van der Waals surface area contributed by atoms with Gasteiger partial charge in [-0.1, -0.05) is 0 Å². The van der Waals surface area contributed by atoms with Crippen molar-refractivity contribution in [2.45, 2.75) is 18.9 Å². The number of aliphatic hydroxyl groups excluding tert-OH is 1. The molecule has 1 aromatic rings. The largest absolute Gasteiger partial charge is 0.394 e. The Kier molecular flexibility index (Phi) is 3.17. The third-order valence-electron chi connectivity index (χ3n) is 2.49. The lowest BCUT2D eigenvalue weighted by atomic mass is 10.2. The van der Waals surface area contributed by atoms with E-state index >= 15 is 0 Å². The Bertz CT molecular complexity index is 328. The first kappa shape index (κ1) is 10.4. The molecule has 1 aliphatic heterocycles. The van der Waals surface area contributed by atoms with Gasteiger partial charge in [0.15, 0.2) is 5.13 Å². The second-order valence-electron chi connectivity index (χ2n) is 3.44. The standard InChI is InChI=1S/C9H13N3O2S/c13-6-7-2-1-4-12(7)9(14)11-8-10-3-5-15-8/h3,5,7,13H,1-2,4,6H2,(H,10,11,14)/t7-/m1/s1. The van der Waals surface area contributed by atoms with Gasteiger partial charge in [-0.25, -0.2) is 9.78 Å². The van der Waals surface area contributed by atoms with Crippen LogP contribution in [0.5, 0.6) is 0 Å². The fourth-order valence-corrected chi connectivity index (χ4v) is 2.26. The van der Waals surface area contributed by atoms with Gasteiger partial charge in [-0.05, 0) is 12.8 Å². The van der Waals surface area contributed by atoms with Crippen LogP contribution in [0.3, 0.4) is 0 Å². The van der Waals surface area contributed by atoms with Crippen LogP contribution in [-0.2, 0) is 0 Å². The number of nitrogens with one attached hydrogen (secondary N) is 1. The summed E-state index contributed by atoms with van der Waals surface area (Å²) in [4.78, 5) is 17.4. The lowest BCUT2D eigenvalue weighted by Crippen LogP contribution is -2.40. The predicted molar refractivity (Wildman–Crippen MR) is 57.9 cm³/mol. The average Bonchev–Trinajstić information content (AvgIpc) is 2.86. The van der Waals surface area contributed by atoms with E-state index in [1.165, 1.54) is 11.3 Å². The molecule has 1 atom stereocenters. The zero-order valence-corrected chi connectivity index (χ0v) is 9.04. The number of aliphatic hydroxyl groups is 1. The van der Waals surface area contributed by atoms with Gasteiger partial charge in [0.25, 0.3) is 0 Å². The molecule has 2 amide bonds. The minimum Gasteiger partial charge on any atom is -0.394 e. The normalized spacial score (nSPS) is 20.6. The van der Waals surface area contributed by atoms with Crippen LogP contribution in [0.2, 0.25) is 0 Å². The van der Waals surface area contributed by atoms with Crippen molar-refractivity contribution >= 4 is 22.5 Å². The highest BCUT2D eigenvalue weighted by molar-refractivity contribution is 7.13. The Morgan fingerprint density at radius 1 is 1.80 bits per heavy atom. The first-order valence-electron chi connectivity index (χ1n) is 4.89. The molecule has 15 heavy (non-hydrogen) atoms. The molecule has 0 unspecified atom stereocenters. The van der Waals surface area contributed by atoms with E-state index in [1.807, 2.05) is 5.38 Å². The summed E-state index contributed by atoms with van der Waals surface area (Å²) in [6.45, 7) is 0.744. The van der Waals surface area contributed by atoms with Crippen LogP contribution in [-0.4, -0.2) is 40.2 Å². The van der Waals surface area contributed by atoms with Crippen LogP contribution >= 0.6 is 11.3 Å². The van der Waals surface area contributed by atoms with Gasteiger partial charge >= 0.3 is 6.03 Å². The molecule has 6 heteroatoms. The molecule has 0 aromatic carbocycles. The minimum absolute atomic E-state index is 0.0330. The second kappa shape index (κ2) is 4.59. The number of likely N-dealkylation sites (tertiary alicyclic amines) is 1. The number of hydrogen-bond donors (Lipinski definition) is 2. The highest BCUT2D eigenvalue weighted by atomic mass is 32.1. The number of anilines is 1. The molecule has 0 aliphatic carbocycles. The molecule has 0 radical (unpaired) electrons. The lowest BCUT2D eigenvalue weighted by molar-refractivity contribution is 0.166. The molecule has 2 N–H and O–H groups in total. The molecule has 1 aliphatic rings. The van der Waals surface area contributed by atoms with Crippen molar-refractivity contribution in [2.75, 3.05) is 18.5 Å². The van der Waals surface area contributed by atoms with Crippen molar-refractivity contribution in [1.82, 2.24) is 9.88 Å². The molecule has 0 bridgehead atoms. The monoisotopic (exact) mass is 227 g/mol. The van der Waals surface area contributed by atoms with E-state index in [0.29, 0.717) is 11.7 Å². The number of amides is 2. The van der Waals surface area contributed by atoms with Crippen molar-refractivity contribution in [3.05, 3.63) is 11.6 Å². The van der Waals surface area contributed by atoms with E-state index in [4.69, 9.17) is 5.11 Å². The van der Waals surface area contributed by atoms with Gasteiger partial charge in [0, 0.05) is 18.1 Å². The zero-order valence-electron chi connectivity index (χ0n) is 8.22. The van der Waals surface area contributed by atoms with Crippen LogP contribution in [0.15, 0.2) is 11.6 Å². The maximum Gasteiger partial charge on any atom is 0.323 e. The van der Waals surface area contributed by atoms with E-state index in [1.54, 1.807) is 11.1 Å². The second-order valence-corrected chi connectivity index (χ2v) is 4.33. The maximum atomic E-state index is 11.8. The topological polar surface area (TPSA) is 65.5 Å². The third-order valence-corrected chi connectivity index (χ3v) is 3.18. The fourth-order valence-electron chi connectivity index (χ4n) is 1.74. The predicted octanol–water partition coefficient (Wildman–Crippen LogP) is 1.13. The SMILES string of the molecule is O=C(Nc1nccs1)N1CCC[C@@H]1CO. The van der Waals surface area contributed by atoms with Gasteiger partial charge in [-0.3, -0.25) is 5.32 Å². The lowest BCUT2D eigenvalue weighted by Gasteiger charge is -2.22. The fraction of sp³-hybridized carbons (Fsp3) is 0.556. The summed E-state index contributed by atoms with van der Waals surface area (Å²) in [6, 6.07) is -0.202. The quantitative estimate of drug-likeness (QED) is 0.796. The van der Waals surface area contributed by atoms with Gasteiger partial charge in [0.1, 0.15) is 0 Å². The molecule has 2 rings (SSSR count). The zero-order chi connectivity index (χ0) is 10.7. The molecule has 1 saturated heterocycles. The molecule has 2 heterocycles. The van der Waals surface area contributed by atoms with E-state index in [2.05, 4.69) is 10.3 Å². The Labute approximate surface area is 91.7 Å². The van der Waals surface area contributed by atoms with Crippen molar-refractivity contribution in [2.24, 2.45) is 0 Å². The highest BCUT2D eigenvalue weighted by Crippen LogP contribution is 2.19. The third kappa shape index (κ3) is 2.27.